The van der Waals surface area contributed by atoms with Crippen LogP contribution in [0.2, 0.25) is 0 Å². The van der Waals surface area contributed by atoms with Crippen molar-refractivity contribution in [2.24, 2.45) is 5.41 Å². The first-order chi connectivity index (χ1) is 7.42. The van der Waals surface area contributed by atoms with Crippen LogP contribution in [-0.4, -0.2) is 28.9 Å². The highest BCUT2D eigenvalue weighted by molar-refractivity contribution is 5.68. The van der Waals surface area contributed by atoms with Crippen LogP contribution in [0.25, 0.3) is 0 Å². The van der Waals surface area contributed by atoms with Gasteiger partial charge in [0, 0.05) is 6.04 Å². The molecule has 2 atom stereocenters. The lowest BCUT2D eigenvalue weighted by Gasteiger charge is -2.29. The SMILES string of the molecule is CC(CC(O)C(C)(C)C)NC(=O)OC(C)(C)C. The van der Waals surface area contributed by atoms with Crippen molar-refractivity contribution in [3.63, 3.8) is 0 Å². The predicted octanol–water partition coefficient (Wildman–Crippen LogP) is 2.70. The van der Waals surface area contributed by atoms with E-state index in [0.29, 0.717) is 6.42 Å². The molecule has 0 aliphatic rings. The molecule has 0 rings (SSSR count). The molecule has 2 unspecified atom stereocenters. The molecule has 2 N–H and O–H groups in total. The molecule has 0 saturated heterocycles. The highest BCUT2D eigenvalue weighted by atomic mass is 16.6. The average molecular weight is 245 g/mol. The van der Waals surface area contributed by atoms with E-state index in [-0.39, 0.29) is 11.5 Å². The van der Waals surface area contributed by atoms with E-state index in [0.717, 1.165) is 0 Å². The standard InChI is InChI=1S/C13H27NO3/c1-9(8-10(15)12(2,3)4)14-11(16)17-13(5,6)7/h9-10,15H,8H2,1-7H3,(H,14,16). The Morgan fingerprint density at radius 2 is 1.71 bits per heavy atom. The summed E-state index contributed by atoms with van der Waals surface area (Å²) in [6, 6.07) is -0.112. The van der Waals surface area contributed by atoms with Gasteiger partial charge in [-0.1, -0.05) is 20.8 Å². The number of alkyl carbamates (subject to hydrolysis) is 1. The van der Waals surface area contributed by atoms with Crippen LogP contribution in [0, 0.1) is 5.41 Å². The fourth-order valence-electron chi connectivity index (χ4n) is 1.26. The molecule has 0 saturated carbocycles. The molecule has 4 nitrogen and oxygen atoms in total. The first-order valence-corrected chi connectivity index (χ1v) is 6.09. The minimum atomic E-state index is -0.494. The molecule has 0 aliphatic heterocycles. The van der Waals surface area contributed by atoms with Crippen molar-refractivity contribution in [3.05, 3.63) is 0 Å². The van der Waals surface area contributed by atoms with E-state index in [9.17, 15) is 9.90 Å². The van der Waals surface area contributed by atoms with Crippen LogP contribution in [0.3, 0.4) is 0 Å². The predicted molar refractivity (Wildman–Crippen MR) is 68.9 cm³/mol. The number of carbonyl (C=O) groups excluding carboxylic acids is 1. The van der Waals surface area contributed by atoms with E-state index in [1.165, 1.54) is 0 Å². The van der Waals surface area contributed by atoms with Crippen molar-refractivity contribution < 1.29 is 14.6 Å². The van der Waals surface area contributed by atoms with Gasteiger partial charge < -0.3 is 15.2 Å². The largest absolute Gasteiger partial charge is 0.444 e. The number of nitrogens with one attached hydrogen (secondary N) is 1. The van der Waals surface area contributed by atoms with Gasteiger partial charge in [-0.05, 0) is 39.5 Å². The quantitative estimate of drug-likeness (QED) is 0.803. The van der Waals surface area contributed by atoms with Gasteiger partial charge in [0.25, 0.3) is 0 Å². The Bertz CT molecular complexity index is 250. The summed E-state index contributed by atoms with van der Waals surface area (Å²) in [5.74, 6) is 0. The van der Waals surface area contributed by atoms with Gasteiger partial charge in [-0.2, -0.15) is 0 Å². The Balaban J connectivity index is 4.11. The number of aliphatic hydroxyl groups excluding tert-OH is 1. The molecular formula is C13H27NO3. The maximum absolute atomic E-state index is 11.5. The van der Waals surface area contributed by atoms with Crippen molar-refractivity contribution in [1.29, 1.82) is 0 Å². The van der Waals surface area contributed by atoms with Crippen LogP contribution in [0.15, 0.2) is 0 Å². The second-order valence-corrected chi connectivity index (χ2v) is 6.66. The highest BCUT2D eigenvalue weighted by Crippen LogP contribution is 2.22. The van der Waals surface area contributed by atoms with E-state index >= 15 is 0 Å². The third kappa shape index (κ3) is 8.02. The lowest BCUT2D eigenvalue weighted by Crippen LogP contribution is -2.41. The van der Waals surface area contributed by atoms with E-state index in [1.807, 2.05) is 48.5 Å². The molecule has 0 radical (unpaired) electrons. The molecule has 0 aromatic rings. The van der Waals surface area contributed by atoms with Crippen LogP contribution in [0.1, 0.15) is 54.9 Å². The highest BCUT2D eigenvalue weighted by Gasteiger charge is 2.25. The zero-order valence-electron chi connectivity index (χ0n) is 12.1. The summed E-state index contributed by atoms with van der Waals surface area (Å²) in [7, 11) is 0. The van der Waals surface area contributed by atoms with Gasteiger partial charge in [-0.15, -0.1) is 0 Å². The molecule has 0 fully saturated rings. The molecule has 0 aromatic heterocycles. The number of ether oxygens (including phenoxy) is 1. The number of hydrogen-bond donors (Lipinski definition) is 2. The van der Waals surface area contributed by atoms with Crippen LogP contribution >= 0.6 is 0 Å². The van der Waals surface area contributed by atoms with Gasteiger partial charge in [0.1, 0.15) is 5.60 Å². The fourth-order valence-corrected chi connectivity index (χ4v) is 1.26. The molecule has 0 heterocycles. The average Bonchev–Trinajstić information content (AvgIpc) is 1.96. The Morgan fingerprint density at radius 3 is 2.06 bits per heavy atom. The van der Waals surface area contributed by atoms with E-state index in [2.05, 4.69) is 5.32 Å². The van der Waals surface area contributed by atoms with Gasteiger partial charge in [0.2, 0.25) is 0 Å². The van der Waals surface area contributed by atoms with E-state index in [1.54, 1.807) is 0 Å². The molecule has 17 heavy (non-hydrogen) atoms. The Hall–Kier alpha value is -0.770. The summed E-state index contributed by atoms with van der Waals surface area (Å²) < 4.78 is 5.14. The second kappa shape index (κ2) is 5.71. The molecule has 4 heteroatoms. The fraction of sp³-hybridized carbons (Fsp3) is 0.923. The van der Waals surface area contributed by atoms with Gasteiger partial charge in [0.05, 0.1) is 6.10 Å². The molecular weight excluding hydrogens is 218 g/mol. The van der Waals surface area contributed by atoms with Crippen molar-refractivity contribution in [3.8, 4) is 0 Å². The number of carbonyl (C=O) groups is 1. The molecule has 0 aliphatic carbocycles. The zero-order valence-corrected chi connectivity index (χ0v) is 12.1. The van der Waals surface area contributed by atoms with Gasteiger partial charge in [-0.3, -0.25) is 0 Å². The third-order valence-corrected chi connectivity index (χ3v) is 2.34. The Kier molecular flexibility index (Phi) is 5.46. The van der Waals surface area contributed by atoms with E-state index < -0.39 is 17.8 Å². The summed E-state index contributed by atoms with van der Waals surface area (Å²) >= 11 is 0. The van der Waals surface area contributed by atoms with Crippen LogP contribution in [0.4, 0.5) is 4.79 Å². The zero-order chi connectivity index (χ0) is 13.9. The number of amides is 1. The second-order valence-electron chi connectivity index (χ2n) is 6.66. The normalized spacial score (nSPS) is 16.2. The summed E-state index contributed by atoms with van der Waals surface area (Å²) in [6.45, 7) is 13.2. The van der Waals surface area contributed by atoms with Crippen molar-refractivity contribution in [2.45, 2.75) is 72.6 Å². The molecule has 0 bridgehead atoms. The maximum atomic E-state index is 11.5. The molecule has 1 amide bonds. The monoisotopic (exact) mass is 245 g/mol. The Labute approximate surface area is 105 Å². The van der Waals surface area contributed by atoms with Crippen LogP contribution in [0.5, 0.6) is 0 Å². The topological polar surface area (TPSA) is 58.6 Å². The minimum Gasteiger partial charge on any atom is -0.444 e. The van der Waals surface area contributed by atoms with Crippen molar-refractivity contribution >= 4 is 6.09 Å². The smallest absolute Gasteiger partial charge is 0.407 e. The van der Waals surface area contributed by atoms with Crippen LogP contribution < -0.4 is 5.32 Å². The number of rotatable bonds is 3. The van der Waals surface area contributed by atoms with Gasteiger partial charge in [0.15, 0.2) is 0 Å². The van der Waals surface area contributed by atoms with Gasteiger partial charge in [-0.25, -0.2) is 4.79 Å². The third-order valence-electron chi connectivity index (χ3n) is 2.34. The number of aliphatic hydroxyl groups is 1. The maximum Gasteiger partial charge on any atom is 0.407 e. The van der Waals surface area contributed by atoms with E-state index in [4.69, 9.17) is 4.74 Å². The van der Waals surface area contributed by atoms with Crippen LogP contribution in [-0.2, 0) is 4.74 Å². The minimum absolute atomic E-state index is 0.112. The first-order valence-electron chi connectivity index (χ1n) is 6.09. The molecule has 0 spiro atoms. The lowest BCUT2D eigenvalue weighted by molar-refractivity contribution is 0.0361. The van der Waals surface area contributed by atoms with Crippen molar-refractivity contribution in [2.75, 3.05) is 0 Å². The summed E-state index contributed by atoms with van der Waals surface area (Å²) in [5.41, 5.74) is -0.670. The van der Waals surface area contributed by atoms with Gasteiger partial charge >= 0.3 is 6.09 Å². The summed E-state index contributed by atoms with van der Waals surface area (Å²) in [4.78, 5) is 11.5. The molecule has 0 aromatic carbocycles. The first kappa shape index (κ1) is 16.2. The molecule has 102 valence electrons. The lowest BCUT2D eigenvalue weighted by atomic mass is 9.86. The summed E-state index contributed by atoms with van der Waals surface area (Å²) in [5, 5.41) is 12.6. The summed E-state index contributed by atoms with van der Waals surface area (Å²) in [6.07, 6.45) is -0.374. The van der Waals surface area contributed by atoms with Crippen molar-refractivity contribution in [1.82, 2.24) is 5.32 Å². The Morgan fingerprint density at radius 1 is 1.24 bits per heavy atom. The number of hydrogen-bond acceptors (Lipinski definition) is 3.